The number of halogens is 2. The number of anilines is 1. The van der Waals surface area contributed by atoms with Gasteiger partial charge >= 0.3 is 6.01 Å². The van der Waals surface area contributed by atoms with Crippen LogP contribution in [0.2, 0.25) is 0 Å². The molecule has 0 bridgehead atoms. The van der Waals surface area contributed by atoms with Gasteiger partial charge in [0.05, 0.1) is 30.5 Å². The second kappa shape index (κ2) is 9.06. The standard InChI is InChI=1S/C28H25F2N3O4/c1-3-35-28-32-26-21(30)10-17(29)11-24(26)33(28)23-6-4-5-20-22(14-37-27(20)23)31-18-7-8-19-16(9-15(2)34)13-36-25(19)12-18/h4-8,10-12,16,22,31H,3,9,13-14H2,1-2H3. The van der Waals surface area contributed by atoms with Crippen LogP contribution in [0.15, 0.2) is 48.5 Å². The smallest absolute Gasteiger partial charge is 0.302 e. The maximum absolute atomic E-state index is 14.5. The molecule has 9 heteroatoms. The van der Waals surface area contributed by atoms with E-state index in [-0.39, 0.29) is 34.8 Å². The van der Waals surface area contributed by atoms with Gasteiger partial charge in [-0.2, -0.15) is 4.98 Å². The summed E-state index contributed by atoms with van der Waals surface area (Å²) in [5.74, 6) is 0.128. The first-order valence-electron chi connectivity index (χ1n) is 12.2. The number of benzene rings is 3. The van der Waals surface area contributed by atoms with Crippen molar-refractivity contribution in [2.75, 3.05) is 25.1 Å². The molecule has 2 unspecified atom stereocenters. The van der Waals surface area contributed by atoms with Crippen molar-refractivity contribution in [2.24, 2.45) is 0 Å². The number of aromatic nitrogens is 2. The third-order valence-electron chi connectivity index (χ3n) is 6.72. The van der Waals surface area contributed by atoms with Gasteiger partial charge in [-0.05, 0) is 26.0 Å². The number of ketones is 1. The van der Waals surface area contributed by atoms with Gasteiger partial charge in [-0.25, -0.2) is 8.78 Å². The summed E-state index contributed by atoms with van der Waals surface area (Å²) in [7, 11) is 0. The lowest BCUT2D eigenvalue weighted by Gasteiger charge is -2.15. The minimum absolute atomic E-state index is 0.0244. The summed E-state index contributed by atoms with van der Waals surface area (Å²) in [4.78, 5) is 15.8. The monoisotopic (exact) mass is 505 g/mol. The molecule has 7 nitrogen and oxygen atoms in total. The zero-order valence-electron chi connectivity index (χ0n) is 20.4. The number of imidazole rings is 1. The van der Waals surface area contributed by atoms with E-state index in [1.54, 1.807) is 18.4 Å². The van der Waals surface area contributed by atoms with Crippen molar-refractivity contribution < 1.29 is 27.8 Å². The molecule has 190 valence electrons. The first kappa shape index (κ1) is 23.3. The normalized spacial score (nSPS) is 17.7. The van der Waals surface area contributed by atoms with Crippen LogP contribution in [0.25, 0.3) is 16.7 Å². The van der Waals surface area contributed by atoms with Crippen molar-refractivity contribution in [2.45, 2.75) is 32.2 Å². The first-order valence-corrected chi connectivity index (χ1v) is 12.2. The number of Topliss-reactive ketones (excluding diaryl/α,β-unsaturated/α-hetero) is 1. The molecular weight excluding hydrogens is 480 g/mol. The van der Waals surface area contributed by atoms with E-state index in [0.717, 1.165) is 28.6 Å². The summed E-state index contributed by atoms with van der Waals surface area (Å²) in [6.45, 7) is 4.56. The molecule has 2 aliphatic rings. The average Bonchev–Trinajstić information content (AvgIpc) is 3.55. The predicted molar refractivity (Wildman–Crippen MR) is 134 cm³/mol. The van der Waals surface area contributed by atoms with E-state index in [0.29, 0.717) is 37.7 Å². The van der Waals surface area contributed by atoms with E-state index >= 15 is 0 Å². The first-order chi connectivity index (χ1) is 17.9. The third kappa shape index (κ3) is 4.04. The molecule has 37 heavy (non-hydrogen) atoms. The van der Waals surface area contributed by atoms with Crippen LogP contribution < -0.4 is 19.5 Å². The molecule has 1 N–H and O–H groups in total. The number of rotatable bonds is 7. The quantitative estimate of drug-likeness (QED) is 0.347. The number of nitrogens with zero attached hydrogens (tertiary/aromatic N) is 2. The summed E-state index contributed by atoms with van der Waals surface area (Å²) in [5, 5.41) is 3.50. The van der Waals surface area contributed by atoms with Crippen molar-refractivity contribution in [3.05, 3.63) is 71.3 Å². The molecule has 6 rings (SSSR count). The van der Waals surface area contributed by atoms with Gasteiger partial charge in [0, 0.05) is 47.4 Å². The van der Waals surface area contributed by atoms with Crippen LogP contribution >= 0.6 is 0 Å². The Bertz CT molecular complexity index is 1530. The molecule has 2 aliphatic heterocycles. The van der Waals surface area contributed by atoms with E-state index in [4.69, 9.17) is 14.2 Å². The predicted octanol–water partition coefficient (Wildman–Crippen LogP) is 5.70. The van der Waals surface area contributed by atoms with Crippen molar-refractivity contribution in [3.63, 3.8) is 0 Å². The number of hydrogen-bond donors (Lipinski definition) is 1. The zero-order chi connectivity index (χ0) is 25.7. The lowest BCUT2D eigenvalue weighted by Crippen LogP contribution is -2.11. The number of nitrogens with one attached hydrogen (secondary N) is 1. The summed E-state index contributed by atoms with van der Waals surface area (Å²) in [6, 6.07) is 13.6. The second-order valence-corrected chi connectivity index (χ2v) is 9.29. The van der Waals surface area contributed by atoms with Crippen molar-refractivity contribution >= 4 is 22.5 Å². The fourth-order valence-corrected chi connectivity index (χ4v) is 5.15. The molecule has 4 aromatic rings. The number of ether oxygens (including phenoxy) is 3. The highest BCUT2D eigenvalue weighted by Gasteiger charge is 2.30. The van der Waals surface area contributed by atoms with Crippen LogP contribution in [0.4, 0.5) is 14.5 Å². The largest absolute Gasteiger partial charge is 0.493 e. The Labute approximate surface area is 212 Å². The van der Waals surface area contributed by atoms with Crippen LogP contribution in [0.1, 0.15) is 43.4 Å². The minimum Gasteiger partial charge on any atom is -0.493 e. The fraction of sp³-hybridized carbons (Fsp3) is 0.286. The fourth-order valence-electron chi connectivity index (χ4n) is 5.15. The van der Waals surface area contributed by atoms with Gasteiger partial charge in [0.1, 0.15) is 35.2 Å². The Morgan fingerprint density at radius 1 is 1.14 bits per heavy atom. The molecule has 0 amide bonds. The molecule has 0 spiro atoms. The summed E-state index contributed by atoms with van der Waals surface area (Å²) in [5.41, 5.74) is 3.67. The number of carbonyl (C=O) groups is 1. The molecule has 0 fully saturated rings. The summed E-state index contributed by atoms with van der Waals surface area (Å²) in [6.07, 6.45) is 0.465. The van der Waals surface area contributed by atoms with Crippen molar-refractivity contribution in [1.82, 2.24) is 9.55 Å². The minimum atomic E-state index is -0.757. The number of fused-ring (bicyclic) bond motifs is 3. The lowest BCUT2D eigenvalue weighted by molar-refractivity contribution is -0.117. The number of para-hydroxylation sites is 1. The molecule has 3 heterocycles. The summed E-state index contributed by atoms with van der Waals surface area (Å²) < 4.78 is 47.9. The number of hydrogen-bond acceptors (Lipinski definition) is 6. The topological polar surface area (TPSA) is 74.6 Å². The van der Waals surface area contributed by atoms with Gasteiger partial charge in [-0.3, -0.25) is 4.57 Å². The van der Waals surface area contributed by atoms with E-state index in [9.17, 15) is 13.6 Å². The second-order valence-electron chi connectivity index (χ2n) is 9.29. The molecule has 0 saturated carbocycles. The maximum Gasteiger partial charge on any atom is 0.302 e. The maximum atomic E-state index is 14.5. The Balaban J connectivity index is 1.34. The van der Waals surface area contributed by atoms with E-state index in [1.807, 2.05) is 36.4 Å². The highest BCUT2D eigenvalue weighted by molar-refractivity contribution is 5.81. The average molecular weight is 506 g/mol. The van der Waals surface area contributed by atoms with Gasteiger partial charge in [-0.15, -0.1) is 0 Å². The Kier molecular flexibility index (Phi) is 5.70. The molecule has 2 atom stereocenters. The lowest BCUT2D eigenvalue weighted by atomic mass is 9.96. The molecule has 0 radical (unpaired) electrons. The van der Waals surface area contributed by atoms with Crippen LogP contribution in [-0.2, 0) is 4.79 Å². The van der Waals surface area contributed by atoms with Crippen LogP contribution in [0.3, 0.4) is 0 Å². The van der Waals surface area contributed by atoms with Crippen molar-refractivity contribution in [3.8, 4) is 23.2 Å². The Morgan fingerprint density at radius 2 is 2.00 bits per heavy atom. The van der Waals surface area contributed by atoms with Gasteiger partial charge in [-0.1, -0.05) is 18.2 Å². The van der Waals surface area contributed by atoms with E-state index in [1.165, 1.54) is 6.07 Å². The van der Waals surface area contributed by atoms with E-state index < -0.39 is 11.6 Å². The van der Waals surface area contributed by atoms with Crippen molar-refractivity contribution in [1.29, 1.82) is 0 Å². The molecule has 0 aliphatic carbocycles. The molecule has 0 saturated heterocycles. The Hall–Kier alpha value is -4.14. The SMILES string of the molecule is CCOc1nc2c(F)cc(F)cc2n1-c1cccc2c1OCC2Nc1ccc2c(c1)OCC2CC(C)=O. The highest BCUT2D eigenvalue weighted by Crippen LogP contribution is 2.43. The molecule has 1 aromatic heterocycles. The zero-order valence-corrected chi connectivity index (χ0v) is 20.4. The van der Waals surface area contributed by atoms with Gasteiger partial charge < -0.3 is 24.3 Å². The van der Waals surface area contributed by atoms with Gasteiger partial charge in [0.25, 0.3) is 0 Å². The Morgan fingerprint density at radius 3 is 2.81 bits per heavy atom. The van der Waals surface area contributed by atoms with E-state index in [2.05, 4.69) is 10.3 Å². The molecular formula is C28H25F2N3O4. The third-order valence-corrected chi connectivity index (χ3v) is 6.72. The van der Waals surface area contributed by atoms with Crippen LogP contribution in [0, 0.1) is 11.6 Å². The van der Waals surface area contributed by atoms with Crippen LogP contribution in [-0.4, -0.2) is 35.2 Å². The number of carbonyl (C=O) groups excluding carboxylic acids is 1. The van der Waals surface area contributed by atoms with Gasteiger partial charge in [0.2, 0.25) is 0 Å². The van der Waals surface area contributed by atoms with Gasteiger partial charge in [0.15, 0.2) is 5.82 Å². The van der Waals surface area contributed by atoms with Crippen LogP contribution in [0.5, 0.6) is 17.5 Å². The highest BCUT2D eigenvalue weighted by atomic mass is 19.1. The molecule has 3 aromatic carbocycles. The summed E-state index contributed by atoms with van der Waals surface area (Å²) >= 11 is 0.